The van der Waals surface area contributed by atoms with Gasteiger partial charge in [-0.1, -0.05) is 350 Å². The molecule has 0 aromatic heterocycles. The minimum absolute atomic E-state index is 0.104. The van der Waals surface area contributed by atoms with E-state index >= 15 is 0 Å². The molecule has 3 N–H and O–H groups in total. The van der Waals surface area contributed by atoms with E-state index in [4.69, 9.17) is 37.0 Å². The van der Waals surface area contributed by atoms with Gasteiger partial charge in [-0.2, -0.15) is 0 Å². The van der Waals surface area contributed by atoms with Crippen molar-refractivity contribution in [1.29, 1.82) is 0 Å². The van der Waals surface area contributed by atoms with Gasteiger partial charge in [0.05, 0.1) is 26.4 Å². The van der Waals surface area contributed by atoms with Crippen LogP contribution in [0.3, 0.4) is 0 Å². The molecule has 0 heterocycles. The third kappa shape index (κ3) is 72.2. The summed E-state index contributed by atoms with van der Waals surface area (Å²) >= 11 is 0. The second-order valence-corrected chi connectivity index (χ2v) is 32.4. The molecule has 576 valence electrons. The minimum atomic E-state index is -4.96. The van der Waals surface area contributed by atoms with Crippen molar-refractivity contribution in [3.63, 3.8) is 0 Å². The van der Waals surface area contributed by atoms with Crippen LogP contribution < -0.4 is 0 Å². The highest BCUT2D eigenvalue weighted by atomic mass is 31.2. The van der Waals surface area contributed by atoms with E-state index in [1.165, 1.54) is 212 Å². The molecule has 0 radical (unpaired) electrons. The van der Waals surface area contributed by atoms with Crippen molar-refractivity contribution >= 4 is 39.5 Å². The van der Waals surface area contributed by atoms with Gasteiger partial charge in [0.2, 0.25) is 0 Å². The lowest BCUT2D eigenvalue weighted by molar-refractivity contribution is -0.161. The smallest absolute Gasteiger partial charge is 0.462 e. The molecule has 0 aliphatic heterocycles. The SMILES string of the molecule is CCCCCCCCCCCC(=O)OC[C@H](COP(=O)(O)OC[C@H](O)COP(=O)(O)OC[C@@H](COC(=O)CCCCCCCCCCCCCCCC(C)C)OC(=O)CCCCCCCCCCCCCCCCCCCCC(C)C)OC(=O)CCCCCCCCCCC(C)C. The van der Waals surface area contributed by atoms with Crippen LogP contribution >= 0.6 is 15.6 Å². The van der Waals surface area contributed by atoms with Crippen molar-refractivity contribution in [3.05, 3.63) is 0 Å². The summed E-state index contributed by atoms with van der Waals surface area (Å²) in [6.45, 7) is 11.9. The first-order chi connectivity index (χ1) is 46.7. The van der Waals surface area contributed by atoms with Crippen LogP contribution in [0.5, 0.6) is 0 Å². The number of hydrogen-bond acceptors (Lipinski definition) is 15. The Morgan fingerprint density at radius 1 is 0.278 bits per heavy atom. The number of ether oxygens (including phenoxy) is 4. The number of carbonyl (C=O) groups excluding carboxylic acids is 4. The van der Waals surface area contributed by atoms with Crippen LogP contribution in [0.4, 0.5) is 0 Å². The van der Waals surface area contributed by atoms with E-state index in [0.717, 1.165) is 108 Å². The molecule has 0 aromatic rings. The summed E-state index contributed by atoms with van der Waals surface area (Å²) in [4.78, 5) is 72.8. The van der Waals surface area contributed by atoms with Crippen LogP contribution in [0.25, 0.3) is 0 Å². The lowest BCUT2D eigenvalue weighted by atomic mass is 10.0. The van der Waals surface area contributed by atoms with E-state index in [9.17, 15) is 43.2 Å². The molecule has 0 bridgehead atoms. The maximum absolute atomic E-state index is 13.1. The molecule has 5 atom stereocenters. The number of phosphoric ester groups is 2. The molecule has 19 heteroatoms. The quantitative estimate of drug-likeness (QED) is 0.0222. The zero-order chi connectivity index (χ0) is 71.6. The Kier molecular flexibility index (Phi) is 67.1. The van der Waals surface area contributed by atoms with Gasteiger partial charge in [-0.15, -0.1) is 0 Å². The molecule has 0 aromatic carbocycles. The molecule has 0 amide bonds. The molecule has 0 aliphatic carbocycles. The molecule has 0 aliphatic rings. The standard InChI is InChI=1S/C78H152O17P2/c1-8-9-10-11-12-28-38-45-52-59-75(80)88-65-74(95-78(83)62-55-48-41-34-33-37-44-51-58-71(6)7)68-93-97(86,87)91-64-72(79)63-90-96(84,85)92-67-73(66-89-76(81)60-53-46-39-31-26-23-19-21-25-30-36-43-50-57-70(4)5)94-77(82)61-54-47-40-32-27-22-18-16-14-13-15-17-20-24-29-35-42-49-56-69(2)3/h69-74,79H,8-68H2,1-7H3,(H,84,85)(H,86,87)/t72-,73-,74-/m1/s1. The number of carbonyl (C=O) groups is 4. The highest BCUT2D eigenvalue weighted by molar-refractivity contribution is 7.47. The van der Waals surface area contributed by atoms with Crippen molar-refractivity contribution < 1.29 is 80.2 Å². The Hall–Kier alpha value is -1.94. The van der Waals surface area contributed by atoms with E-state index < -0.39 is 97.5 Å². The largest absolute Gasteiger partial charge is 0.472 e. The van der Waals surface area contributed by atoms with Gasteiger partial charge < -0.3 is 33.8 Å². The van der Waals surface area contributed by atoms with Gasteiger partial charge in [-0.25, -0.2) is 9.13 Å². The number of phosphoric acid groups is 2. The zero-order valence-corrected chi connectivity index (χ0v) is 65.3. The highest BCUT2D eigenvalue weighted by Crippen LogP contribution is 2.45. The Morgan fingerprint density at radius 2 is 0.474 bits per heavy atom. The Bertz CT molecular complexity index is 1890. The van der Waals surface area contributed by atoms with E-state index in [1.54, 1.807) is 0 Å². The van der Waals surface area contributed by atoms with Crippen molar-refractivity contribution in [3.8, 4) is 0 Å². The minimum Gasteiger partial charge on any atom is -0.462 e. The van der Waals surface area contributed by atoms with Crippen molar-refractivity contribution in [2.24, 2.45) is 17.8 Å². The van der Waals surface area contributed by atoms with Crippen LogP contribution in [0.2, 0.25) is 0 Å². The van der Waals surface area contributed by atoms with Gasteiger partial charge in [0.15, 0.2) is 12.2 Å². The van der Waals surface area contributed by atoms with Crippen LogP contribution in [0.15, 0.2) is 0 Å². The summed E-state index contributed by atoms with van der Waals surface area (Å²) in [7, 11) is -9.91. The molecular formula is C78H152O17P2. The highest BCUT2D eigenvalue weighted by Gasteiger charge is 2.30. The van der Waals surface area contributed by atoms with Gasteiger partial charge in [-0.3, -0.25) is 37.3 Å². The van der Waals surface area contributed by atoms with Crippen LogP contribution in [-0.4, -0.2) is 96.7 Å². The van der Waals surface area contributed by atoms with Gasteiger partial charge in [0.1, 0.15) is 19.3 Å². The fraction of sp³-hybridized carbons (Fsp3) is 0.949. The summed E-state index contributed by atoms with van der Waals surface area (Å²) in [5.74, 6) is 0.212. The first kappa shape index (κ1) is 95.1. The number of aliphatic hydroxyl groups excluding tert-OH is 1. The normalized spacial score (nSPS) is 14.0. The fourth-order valence-electron chi connectivity index (χ4n) is 12.0. The third-order valence-corrected chi connectivity index (χ3v) is 20.0. The van der Waals surface area contributed by atoms with Crippen LogP contribution in [0, 0.1) is 17.8 Å². The summed E-state index contributed by atoms with van der Waals surface area (Å²) < 4.78 is 68.5. The van der Waals surface area contributed by atoms with Gasteiger partial charge >= 0.3 is 39.5 Å². The molecule has 0 saturated heterocycles. The molecule has 0 spiro atoms. The summed E-state index contributed by atoms with van der Waals surface area (Å²) in [5.41, 5.74) is 0. The number of rotatable bonds is 76. The fourth-order valence-corrected chi connectivity index (χ4v) is 13.5. The maximum atomic E-state index is 13.1. The lowest BCUT2D eigenvalue weighted by Gasteiger charge is -2.21. The average molecular weight is 1420 g/mol. The summed E-state index contributed by atoms with van der Waals surface area (Å²) in [5, 5.41) is 10.6. The first-order valence-electron chi connectivity index (χ1n) is 40.3. The topological polar surface area (TPSA) is 237 Å². The van der Waals surface area contributed by atoms with Crippen molar-refractivity contribution in [1.82, 2.24) is 0 Å². The molecule has 0 saturated carbocycles. The average Bonchev–Trinajstić information content (AvgIpc) is 1.16. The number of hydrogen-bond donors (Lipinski definition) is 3. The third-order valence-electron chi connectivity index (χ3n) is 18.1. The van der Waals surface area contributed by atoms with Gasteiger partial charge in [0, 0.05) is 25.7 Å². The zero-order valence-electron chi connectivity index (χ0n) is 63.5. The number of unbranched alkanes of at least 4 members (excludes halogenated alkanes) is 44. The predicted molar refractivity (Wildman–Crippen MR) is 395 cm³/mol. The second-order valence-electron chi connectivity index (χ2n) is 29.5. The molecule has 2 unspecified atom stereocenters. The first-order valence-corrected chi connectivity index (χ1v) is 43.3. The summed E-state index contributed by atoms with van der Waals surface area (Å²) in [6, 6.07) is 0. The van der Waals surface area contributed by atoms with Crippen molar-refractivity contribution in [2.45, 2.75) is 420 Å². The lowest BCUT2D eigenvalue weighted by Crippen LogP contribution is -2.30. The van der Waals surface area contributed by atoms with E-state index in [1.807, 2.05) is 0 Å². The molecule has 17 nitrogen and oxygen atoms in total. The van der Waals surface area contributed by atoms with E-state index in [2.05, 4.69) is 48.5 Å². The number of aliphatic hydroxyl groups is 1. The van der Waals surface area contributed by atoms with E-state index in [0.29, 0.717) is 25.7 Å². The Morgan fingerprint density at radius 3 is 0.701 bits per heavy atom. The van der Waals surface area contributed by atoms with Crippen LogP contribution in [0.1, 0.15) is 402 Å². The van der Waals surface area contributed by atoms with E-state index in [-0.39, 0.29) is 25.7 Å². The number of esters is 4. The maximum Gasteiger partial charge on any atom is 0.472 e. The molecule has 0 fully saturated rings. The summed E-state index contributed by atoms with van der Waals surface area (Å²) in [6.07, 6.45) is 55.6. The molecule has 97 heavy (non-hydrogen) atoms. The molecular weight excluding hydrogens is 1270 g/mol. The molecule has 0 rings (SSSR count). The van der Waals surface area contributed by atoms with Gasteiger partial charge in [0.25, 0.3) is 0 Å². The van der Waals surface area contributed by atoms with Gasteiger partial charge in [-0.05, 0) is 43.4 Å². The second kappa shape index (κ2) is 68.5. The Balaban J connectivity index is 5.20. The van der Waals surface area contributed by atoms with Crippen molar-refractivity contribution in [2.75, 3.05) is 39.6 Å². The van der Waals surface area contributed by atoms with Crippen LogP contribution in [-0.2, 0) is 65.4 Å². The Labute approximate surface area is 594 Å². The predicted octanol–water partition coefficient (Wildman–Crippen LogP) is 23.0. The monoisotopic (exact) mass is 1420 g/mol.